The van der Waals surface area contributed by atoms with Crippen molar-refractivity contribution in [2.75, 3.05) is 19.6 Å². The fourth-order valence-electron chi connectivity index (χ4n) is 4.53. The standard InChI is InChI=1S/C19H22N4O2/c24-16(22-9-4-10-22)12-23-15-8-7-14(11-15)17(23)19-20-18(21-25-19)13-5-2-1-3-6-13/h1-3,5-6,14-15,17H,4,7-12H2/t14?,15?,17-/m0/s1. The fraction of sp³-hybridized carbons (Fsp3) is 0.526. The van der Waals surface area contributed by atoms with Crippen molar-refractivity contribution in [3.63, 3.8) is 0 Å². The Morgan fingerprint density at radius 2 is 2.04 bits per heavy atom. The molecule has 3 fully saturated rings. The summed E-state index contributed by atoms with van der Waals surface area (Å²) in [6.45, 7) is 2.29. The molecule has 0 N–H and O–H groups in total. The lowest BCUT2D eigenvalue weighted by Crippen LogP contribution is -2.49. The predicted molar refractivity (Wildman–Crippen MR) is 91.5 cm³/mol. The van der Waals surface area contributed by atoms with Crippen LogP contribution < -0.4 is 0 Å². The molecular formula is C19H22N4O2. The van der Waals surface area contributed by atoms with Crippen molar-refractivity contribution in [2.24, 2.45) is 5.92 Å². The van der Waals surface area contributed by atoms with E-state index in [1.165, 1.54) is 12.8 Å². The van der Waals surface area contributed by atoms with Crippen LogP contribution in [0, 0.1) is 5.92 Å². The summed E-state index contributed by atoms with van der Waals surface area (Å²) in [6, 6.07) is 10.5. The SMILES string of the molecule is O=C(CN1C2CCC(C2)[C@H]1c1nc(-c2ccccc2)no1)N1CCC1. The number of hydrogen-bond donors (Lipinski definition) is 0. The maximum Gasteiger partial charge on any atom is 0.244 e. The van der Waals surface area contributed by atoms with Crippen LogP contribution in [0.15, 0.2) is 34.9 Å². The van der Waals surface area contributed by atoms with Crippen molar-refractivity contribution in [3.05, 3.63) is 36.2 Å². The predicted octanol–water partition coefficient (Wildman–Crippen LogP) is 2.49. The third kappa shape index (κ3) is 2.56. The maximum atomic E-state index is 12.5. The molecule has 6 heteroatoms. The molecule has 1 aliphatic carbocycles. The van der Waals surface area contributed by atoms with Crippen LogP contribution in [0.4, 0.5) is 0 Å². The molecule has 3 aliphatic rings. The van der Waals surface area contributed by atoms with Crippen molar-refractivity contribution in [1.82, 2.24) is 19.9 Å². The van der Waals surface area contributed by atoms with Crippen LogP contribution in [0.2, 0.25) is 0 Å². The van der Waals surface area contributed by atoms with Gasteiger partial charge in [-0.2, -0.15) is 4.98 Å². The molecule has 2 saturated heterocycles. The van der Waals surface area contributed by atoms with Crippen LogP contribution in [0.3, 0.4) is 0 Å². The van der Waals surface area contributed by atoms with E-state index in [1.807, 2.05) is 35.2 Å². The van der Waals surface area contributed by atoms with Gasteiger partial charge in [0.1, 0.15) is 0 Å². The van der Waals surface area contributed by atoms with Gasteiger partial charge in [0.2, 0.25) is 17.6 Å². The number of carbonyl (C=O) groups excluding carboxylic acids is 1. The summed E-state index contributed by atoms with van der Waals surface area (Å²) in [7, 11) is 0. The molecule has 130 valence electrons. The number of benzene rings is 1. The number of piperidine rings is 1. The molecule has 3 heterocycles. The first-order chi connectivity index (χ1) is 12.3. The van der Waals surface area contributed by atoms with Gasteiger partial charge in [-0.25, -0.2) is 0 Å². The summed E-state index contributed by atoms with van der Waals surface area (Å²) in [5.74, 6) is 2.07. The highest BCUT2D eigenvalue weighted by molar-refractivity contribution is 5.79. The van der Waals surface area contributed by atoms with E-state index in [4.69, 9.17) is 4.52 Å². The van der Waals surface area contributed by atoms with Crippen molar-refractivity contribution in [1.29, 1.82) is 0 Å². The molecule has 1 amide bonds. The topological polar surface area (TPSA) is 62.5 Å². The summed E-state index contributed by atoms with van der Waals surface area (Å²) in [5, 5.41) is 4.18. The number of carbonyl (C=O) groups is 1. The molecule has 0 radical (unpaired) electrons. The van der Waals surface area contributed by atoms with Gasteiger partial charge in [0.25, 0.3) is 0 Å². The second-order valence-corrected chi connectivity index (χ2v) is 7.40. The molecule has 3 atom stereocenters. The van der Waals surface area contributed by atoms with Gasteiger partial charge in [0, 0.05) is 24.7 Å². The maximum absolute atomic E-state index is 12.5. The quantitative estimate of drug-likeness (QED) is 0.857. The Bertz CT molecular complexity index is 771. The monoisotopic (exact) mass is 338 g/mol. The Morgan fingerprint density at radius 3 is 2.80 bits per heavy atom. The Hall–Kier alpha value is -2.21. The lowest BCUT2D eigenvalue weighted by atomic mass is 9.98. The molecule has 5 rings (SSSR count). The van der Waals surface area contributed by atoms with Gasteiger partial charge in [-0.3, -0.25) is 9.69 Å². The zero-order valence-corrected chi connectivity index (χ0v) is 14.2. The smallest absolute Gasteiger partial charge is 0.244 e. The number of rotatable bonds is 4. The Kier molecular flexibility index (Phi) is 3.59. The van der Waals surface area contributed by atoms with Gasteiger partial charge in [0.05, 0.1) is 12.6 Å². The van der Waals surface area contributed by atoms with Crippen LogP contribution in [0.25, 0.3) is 11.4 Å². The van der Waals surface area contributed by atoms with E-state index >= 15 is 0 Å². The summed E-state index contributed by atoms with van der Waals surface area (Å²) < 4.78 is 5.64. The molecule has 2 unspecified atom stereocenters. The number of fused-ring (bicyclic) bond motifs is 2. The lowest BCUT2D eigenvalue weighted by molar-refractivity contribution is -0.137. The second kappa shape index (κ2) is 5.95. The summed E-state index contributed by atoms with van der Waals surface area (Å²) in [6.07, 6.45) is 4.63. The normalized spacial score (nSPS) is 28.3. The van der Waals surface area contributed by atoms with Crippen LogP contribution in [0.5, 0.6) is 0 Å². The zero-order valence-electron chi connectivity index (χ0n) is 14.2. The van der Waals surface area contributed by atoms with E-state index in [0.29, 0.717) is 30.2 Å². The second-order valence-electron chi connectivity index (χ2n) is 7.40. The van der Waals surface area contributed by atoms with E-state index in [0.717, 1.165) is 31.5 Å². The molecule has 1 aromatic heterocycles. The van der Waals surface area contributed by atoms with Crippen molar-refractivity contribution in [3.8, 4) is 11.4 Å². The van der Waals surface area contributed by atoms with Crippen molar-refractivity contribution < 1.29 is 9.32 Å². The molecule has 0 spiro atoms. The molecule has 1 saturated carbocycles. The minimum atomic E-state index is 0.0916. The van der Waals surface area contributed by atoms with Gasteiger partial charge in [0.15, 0.2) is 0 Å². The van der Waals surface area contributed by atoms with Gasteiger partial charge in [-0.15, -0.1) is 0 Å². The third-order valence-electron chi connectivity index (χ3n) is 5.97. The Balaban J connectivity index is 1.39. The molecule has 2 bridgehead atoms. The highest BCUT2D eigenvalue weighted by Gasteiger charge is 2.49. The van der Waals surface area contributed by atoms with Gasteiger partial charge in [-0.1, -0.05) is 35.5 Å². The van der Waals surface area contributed by atoms with Crippen LogP contribution in [0.1, 0.15) is 37.6 Å². The number of hydrogen-bond acceptors (Lipinski definition) is 5. The average molecular weight is 338 g/mol. The Labute approximate surface area is 146 Å². The molecule has 25 heavy (non-hydrogen) atoms. The molecular weight excluding hydrogens is 316 g/mol. The van der Waals surface area contributed by atoms with Crippen molar-refractivity contribution >= 4 is 5.91 Å². The molecule has 1 aromatic carbocycles. The minimum Gasteiger partial charge on any atom is -0.341 e. The van der Waals surface area contributed by atoms with Gasteiger partial charge >= 0.3 is 0 Å². The highest BCUT2D eigenvalue weighted by atomic mass is 16.5. The summed E-state index contributed by atoms with van der Waals surface area (Å²) in [5.41, 5.74) is 0.962. The highest BCUT2D eigenvalue weighted by Crippen LogP contribution is 2.49. The molecule has 2 aromatic rings. The summed E-state index contributed by atoms with van der Waals surface area (Å²) in [4.78, 5) is 21.4. The van der Waals surface area contributed by atoms with Crippen LogP contribution in [-0.2, 0) is 4.79 Å². The minimum absolute atomic E-state index is 0.0916. The first kappa shape index (κ1) is 15.1. The number of likely N-dealkylation sites (tertiary alicyclic amines) is 2. The van der Waals surface area contributed by atoms with Crippen LogP contribution >= 0.6 is 0 Å². The van der Waals surface area contributed by atoms with Gasteiger partial charge < -0.3 is 9.42 Å². The van der Waals surface area contributed by atoms with Gasteiger partial charge in [-0.05, 0) is 31.6 Å². The number of amides is 1. The molecule has 2 aliphatic heterocycles. The Morgan fingerprint density at radius 1 is 1.20 bits per heavy atom. The average Bonchev–Trinajstić information content (AvgIpc) is 3.29. The van der Waals surface area contributed by atoms with E-state index in [2.05, 4.69) is 15.0 Å². The zero-order chi connectivity index (χ0) is 16.8. The first-order valence-electron chi connectivity index (χ1n) is 9.22. The van der Waals surface area contributed by atoms with Crippen LogP contribution in [-0.4, -0.2) is 51.5 Å². The van der Waals surface area contributed by atoms with E-state index < -0.39 is 0 Å². The third-order valence-corrected chi connectivity index (χ3v) is 5.97. The van der Waals surface area contributed by atoms with Crippen molar-refractivity contribution in [2.45, 2.75) is 37.8 Å². The van der Waals surface area contributed by atoms with E-state index in [-0.39, 0.29) is 11.9 Å². The van der Waals surface area contributed by atoms with E-state index in [9.17, 15) is 4.79 Å². The first-order valence-corrected chi connectivity index (χ1v) is 9.22. The number of aromatic nitrogens is 2. The lowest BCUT2D eigenvalue weighted by Gasteiger charge is -2.37. The molecule has 6 nitrogen and oxygen atoms in total. The fourth-order valence-corrected chi connectivity index (χ4v) is 4.53. The largest absolute Gasteiger partial charge is 0.341 e. The summed E-state index contributed by atoms with van der Waals surface area (Å²) >= 11 is 0. The van der Waals surface area contributed by atoms with E-state index in [1.54, 1.807) is 0 Å². The number of nitrogens with zero attached hydrogens (tertiary/aromatic N) is 4.